The van der Waals surface area contributed by atoms with Gasteiger partial charge in [-0.25, -0.2) is 0 Å². The third-order valence-corrected chi connectivity index (χ3v) is 0.224. The molecule has 6 heavy (non-hydrogen) atoms. The molecule has 0 saturated carbocycles. The van der Waals surface area contributed by atoms with Crippen molar-refractivity contribution in [1.29, 1.82) is 5.26 Å². The molecule has 0 aromatic carbocycles. The number of nitriles is 1. The predicted octanol–water partition coefficient (Wildman–Crippen LogP) is -3.65. The van der Waals surface area contributed by atoms with Crippen LogP contribution in [0.4, 0.5) is 0 Å². The Bertz CT molecular complexity index is 86.0. The maximum Gasteiger partial charge on any atom is 1.00 e. The number of thiocyanates is 1. The molecule has 5 heteroatoms. The summed E-state index contributed by atoms with van der Waals surface area (Å²) in [5, 5.41) is 8.23. The first-order valence-corrected chi connectivity index (χ1v) is 1.84. The molecule has 0 heterocycles. The first kappa shape index (κ1) is 9.78. The average Bonchev–Trinajstić information content (AvgIpc) is 1.38. The van der Waals surface area contributed by atoms with Crippen LogP contribution in [0.15, 0.2) is 0 Å². The van der Waals surface area contributed by atoms with Crippen molar-refractivity contribution in [1.82, 2.24) is 0 Å². The molecule has 0 aromatic rings. The van der Waals surface area contributed by atoms with Gasteiger partial charge >= 0.3 is 29.6 Å². The molecule has 0 aliphatic rings. The Hall–Kier alpha value is 0.600. The Morgan fingerprint density at radius 2 is 2.00 bits per heavy atom. The minimum absolute atomic E-state index is 0. The smallest absolute Gasteiger partial charge is 0.760 e. The zero-order valence-electron chi connectivity index (χ0n) is 3.17. The Morgan fingerprint density at radius 1 is 1.83 bits per heavy atom. The molecule has 1 atom stereocenters. The second-order valence-corrected chi connectivity index (χ2v) is 0.978. The first-order chi connectivity index (χ1) is 2.27. The molecule has 0 amide bonds. The average molecular weight is 113 g/mol. The zero-order chi connectivity index (χ0) is 4.28. The second-order valence-electron chi connectivity index (χ2n) is 0.326. The van der Waals surface area contributed by atoms with E-state index in [0.29, 0.717) is 0 Å². The third-order valence-electron chi connectivity index (χ3n) is 0.0745. The van der Waals surface area contributed by atoms with E-state index in [2.05, 4.69) is 0 Å². The van der Waals surface area contributed by atoms with Crippen molar-refractivity contribution in [2.45, 2.75) is 0 Å². The normalized spacial score (nSPS) is 10.7. The van der Waals surface area contributed by atoms with Gasteiger partial charge in [0, 0.05) is 0 Å². The Morgan fingerprint density at radius 3 is 2.00 bits per heavy atom. The minimum atomic E-state index is -2.52. The summed E-state index contributed by atoms with van der Waals surface area (Å²) < 4.78 is 18.0. The van der Waals surface area contributed by atoms with Gasteiger partial charge in [-0.3, -0.25) is 4.21 Å². The van der Waals surface area contributed by atoms with Crippen LogP contribution in [-0.2, 0) is 11.1 Å². The predicted molar refractivity (Wildman–Crippen MR) is 14.5 cm³/mol. The van der Waals surface area contributed by atoms with E-state index in [0.717, 1.165) is 5.40 Å². The van der Waals surface area contributed by atoms with Crippen LogP contribution in [0.2, 0.25) is 0 Å². The van der Waals surface area contributed by atoms with Crippen LogP contribution in [0.25, 0.3) is 0 Å². The fraction of sp³-hybridized carbons (Fsp3) is 0. The summed E-state index contributed by atoms with van der Waals surface area (Å²) in [5.41, 5.74) is 0. The van der Waals surface area contributed by atoms with Gasteiger partial charge in [0.2, 0.25) is 0 Å². The number of hydrogen-bond acceptors (Lipinski definition) is 3. The van der Waals surface area contributed by atoms with Crippen molar-refractivity contribution in [3.05, 3.63) is 0 Å². The summed E-state index contributed by atoms with van der Waals surface area (Å²) in [4.78, 5) is 0. The van der Waals surface area contributed by atoms with E-state index in [1.807, 2.05) is 0 Å². The van der Waals surface area contributed by atoms with Gasteiger partial charge in [-0.2, -0.15) is 5.26 Å². The fourth-order valence-corrected chi connectivity index (χ4v) is 0. The van der Waals surface area contributed by atoms with Crippen LogP contribution in [0.1, 0.15) is 0 Å². The molecule has 28 valence electrons. The maximum atomic E-state index is 9.01. The van der Waals surface area contributed by atoms with Crippen LogP contribution >= 0.6 is 0 Å². The van der Waals surface area contributed by atoms with Gasteiger partial charge in [-0.1, -0.05) is 0 Å². The van der Waals surface area contributed by atoms with Crippen molar-refractivity contribution < 1.29 is 38.3 Å². The Kier molecular flexibility index (Phi) is 9.13. The van der Waals surface area contributed by atoms with Crippen LogP contribution in [0, 0.1) is 10.7 Å². The summed E-state index contributed by atoms with van der Waals surface area (Å²) in [6.07, 6.45) is 0. The van der Waals surface area contributed by atoms with Gasteiger partial charge in [0.05, 0.1) is 11.1 Å². The van der Waals surface area contributed by atoms with E-state index in [9.17, 15) is 0 Å². The third kappa shape index (κ3) is 8.82. The summed E-state index contributed by atoms with van der Waals surface area (Å²) >= 11 is -2.52. The van der Waals surface area contributed by atoms with E-state index in [1.165, 1.54) is 0 Å². The van der Waals surface area contributed by atoms with Crippen molar-refractivity contribution in [3.8, 4) is 5.40 Å². The van der Waals surface area contributed by atoms with Crippen LogP contribution in [-0.4, -0.2) is 8.76 Å². The SMILES string of the molecule is N#CS(=O)[O-].[Na+]. The molecule has 1 unspecified atom stereocenters. The molecule has 0 saturated heterocycles. The molecule has 0 bridgehead atoms. The van der Waals surface area contributed by atoms with E-state index in [1.54, 1.807) is 0 Å². The molecule has 0 N–H and O–H groups in total. The molecule has 3 nitrogen and oxygen atoms in total. The van der Waals surface area contributed by atoms with E-state index in [-0.39, 0.29) is 29.6 Å². The Balaban J connectivity index is 0. The summed E-state index contributed by atoms with van der Waals surface area (Å²) in [5.74, 6) is 0. The monoisotopic (exact) mass is 113 g/mol. The number of rotatable bonds is 0. The molecule has 0 spiro atoms. The molecular formula is CNNaO2S. The maximum absolute atomic E-state index is 9.01. The molecular weight excluding hydrogens is 113 g/mol. The first-order valence-electron chi connectivity index (χ1n) is 0.761. The summed E-state index contributed by atoms with van der Waals surface area (Å²) in [6.45, 7) is 0. The van der Waals surface area contributed by atoms with Gasteiger partial charge in [-0.15, -0.1) is 0 Å². The van der Waals surface area contributed by atoms with Crippen LogP contribution < -0.4 is 29.6 Å². The van der Waals surface area contributed by atoms with Gasteiger partial charge in [0.15, 0.2) is 5.40 Å². The number of hydrogen-bond donors (Lipinski definition) is 0. The van der Waals surface area contributed by atoms with Crippen molar-refractivity contribution in [3.63, 3.8) is 0 Å². The minimum Gasteiger partial charge on any atom is -0.760 e. The largest absolute Gasteiger partial charge is 1.00 e. The van der Waals surface area contributed by atoms with Gasteiger partial charge < -0.3 is 4.55 Å². The molecule has 0 radical (unpaired) electrons. The Labute approximate surface area is 59.9 Å². The molecule has 0 rings (SSSR count). The molecule has 0 aliphatic heterocycles. The van der Waals surface area contributed by atoms with E-state index < -0.39 is 11.1 Å². The molecule has 0 aliphatic carbocycles. The number of nitrogens with zero attached hydrogens (tertiary/aromatic N) is 1. The summed E-state index contributed by atoms with van der Waals surface area (Å²) in [7, 11) is 0. The van der Waals surface area contributed by atoms with Crippen molar-refractivity contribution in [2.24, 2.45) is 0 Å². The van der Waals surface area contributed by atoms with Crippen LogP contribution in [0.3, 0.4) is 0 Å². The van der Waals surface area contributed by atoms with E-state index >= 15 is 0 Å². The fourth-order valence-electron chi connectivity index (χ4n) is 0. The van der Waals surface area contributed by atoms with Gasteiger partial charge in [-0.05, 0) is 0 Å². The van der Waals surface area contributed by atoms with Gasteiger partial charge in [0.25, 0.3) is 0 Å². The molecule has 0 aromatic heterocycles. The second kappa shape index (κ2) is 5.60. The van der Waals surface area contributed by atoms with Gasteiger partial charge in [0.1, 0.15) is 0 Å². The zero-order valence-corrected chi connectivity index (χ0v) is 5.99. The quantitative estimate of drug-likeness (QED) is 0.185. The van der Waals surface area contributed by atoms with E-state index in [4.69, 9.17) is 14.0 Å². The molecule has 0 fully saturated rings. The van der Waals surface area contributed by atoms with Crippen molar-refractivity contribution >= 4 is 11.1 Å². The topological polar surface area (TPSA) is 63.9 Å². The summed E-state index contributed by atoms with van der Waals surface area (Å²) in [6, 6.07) is 0. The van der Waals surface area contributed by atoms with Crippen LogP contribution in [0.5, 0.6) is 0 Å². The van der Waals surface area contributed by atoms with Crippen molar-refractivity contribution in [2.75, 3.05) is 0 Å². The standard InChI is InChI=1S/CHNO2S.Na/c2-1-5(3)4;/h(H,3,4);/q;+1/p-1.